The molecule has 0 aliphatic rings. The molecule has 0 saturated carbocycles. The predicted molar refractivity (Wildman–Crippen MR) is 62.5 cm³/mol. The average Bonchev–Trinajstić information content (AvgIpc) is 2.61. The third-order valence-corrected chi connectivity index (χ3v) is 2.57. The van der Waals surface area contributed by atoms with Crippen LogP contribution in [0.25, 0.3) is 0 Å². The van der Waals surface area contributed by atoms with Crippen LogP contribution in [0.2, 0.25) is 0 Å². The van der Waals surface area contributed by atoms with Gasteiger partial charge in [0.25, 0.3) is 0 Å². The summed E-state index contributed by atoms with van der Waals surface area (Å²) in [6, 6.07) is 8.02. The Hall–Kier alpha value is -1.36. The Morgan fingerprint density at radius 2 is 2.33 bits per heavy atom. The molecule has 0 amide bonds. The quantitative estimate of drug-likeness (QED) is 0.926. The van der Waals surface area contributed by atoms with Gasteiger partial charge in [0, 0.05) is 17.2 Å². The van der Waals surface area contributed by atoms with Gasteiger partial charge in [0.05, 0.1) is 6.54 Å². The zero-order valence-electron chi connectivity index (χ0n) is 8.31. The molecule has 1 aromatic carbocycles. The third-order valence-electron chi connectivity index (χ3n) is 2.08. The molecule has 1 heterocycles. The number of hydrogen-bond donors (Lipinski definition) is 1. The van der Waals surface area contributed by atoms with Crippen LogP contribution in [0.4, 0.5) is 5.69 Å². The van der Waals surface area contributed by atoms with Gasteiger partial charge in [0.15, 0.2) is 0 Å². The molecule has 4 nitrogen and oxygen atoms in total. The molecule has 0 aliphatic carbocycles. The summed E-state index contributed by atoms with van der Waals surface area (Å²) in [4.78, 5) is 4.13. The molecule has 2 aromatic rings. The van der Waals surface area contributed by atoms with E-state index in [1.54, 1.807) is 11.0 Å². The van der Waals surface area contributed by atoms with Gasteiger partial charge < -0.3 is 5.32 Å². The molecule has 0 unspecified atom stereocenters. The average molecular weight is 267 g/mol. The van der Waals surface area contributed by atoms with E-state index in [0.717, 1.165) is 16.0 Å². The Morgan fingerprint density at radius 3 is 3.00 bits per heavy atom. The van der Waals surface area contributed by atoms with Crippen molar-refractivity contribution >= 4 is 21.6 Å². The van der Waals surface area contributed by atoms with Crippen LogP contribution in [0.1, 0.15) is 5.82 Å². The Labute approximate surface area is 96.5 Å². The fraction of sp³-hybridized carbons (Fsp3) is 0.200. The number of anilines is 1. The number of nitrogens with one attached hydrogen (secondary N) is 1. The van der Waals surface area contributed by atoms with Crippen LogP contribution < -0.4 is 5.32 Å². The van der Waals surface area contributed by atoms with Crippen LogP contribution >= 0.6 is 15.9 Å². The molecule has 0 fully saturated rings. The lowest BCUT2D eigenvalue weighted by Crippen LogP contribution is -2.06. The predicted octanol–water partition coefficient (Wildman–Crippen LogP) is 2.19. The summed E-state index contributed by atoms with van der Waals surface area (Å²) in [5.74, 6) is 0.912. The van der Waals surface area contributed by atoms with Gasteiger partial charge in [0.2, 0.25) is 0 Å². The first-order valence-corrected chi connectivity index (χ1v) is 5.37. The summed E-state index contributed by atoms with van der Waals surface area (Å²) < 4.78 is 2.82. The lowest BCUT2D eigenvalue weighted by molar-refractivity contribution is 0.712. The number of halogens is 1. The second kappa shape index (κ2) is 4.44. The van der Waals surface area contributed by atoms with Crippen molar-refractivity contribution in [1.29, 1.82) is 0 Å². The van der Waals surface area contributed by atoms with E-state index in [9.17, 15) is 0 Å². The summed E-state index contributed by atoms with van der Waals surface area (Å²) in [5.41, 5.74) is 1.06. The van der Waals surface area contributed by atoms with Crippen molar-refractivity contribution in [2.45, 2.75) is 6.54 Å². The highest BCUT2D eigenvalue weighted by molar-refractivity contribution is 9.10. The van der Waals surface area contributed by atoms with Gasteiger partial charge >= 0.3 is 0 Å². The Bertz CT molecular complexity index is 452. The molecule has 5 heteroatoms. The minimum Gasteiger partial charge on any atom is -0.378 e. The number of aryl methyl sites for hydroxylation is 1. The van der Waals surface area contributed by atoms with Crippen LogP contribution in [-0.2, 0) is 13.6 Å². The first kappa shape index (κ1) is 10.2. The van der Waals surface area contributed by atoms with Gasteiger partial charge in [-0.3, -0.25) is 4.68 Å². The van der Waals surface area contributed by atoms with E-state index in [1.807, 2.05) is 31.3 Å². The fourth-order valence-electron chi connectivity index (χ4n) is 1.26. The van der Waals surface area contributed by atoms with E-state index in [0.29, 0.717) is 6.54 Å². The number of hydrogen-bond acceptors (Lipinski definition) is 3. The van der Waals surface area contributed by atoms with Gasteiger partial charge in [-0.15, -0.1) is 0 Å². The molecule has 0 spiro atoms. The zero-order valence-corrected chi connectivity index (χ0v) is 9.90. The monoisotopic (exact) mass is 266 g/mol. The van der Waals surface area contributed by atoms with Gasteiger partial charge in [-0.1, -0.05) is 22.0 Å². The fourth-order valence-corrected chi connectivity index (χ4v) is 1.66. The lowest BCUT2D eigenvalue weighted by atomic mass is 10.3. The second-order valence-corrected chi connectivity index (χ2v) is 4.08. The Kier molecular flexibility index (Phi) is 3.01. The van der Waals surface area contributed by atoms with Gasteiger partial charge in [0.1, 0.15) is 12.2 Å². The molecular weight excluding hydrogens is 256 g/mol. The summed E-state index contributed by atoms with van der Waals surface area (Å²) in [7, 11) is 1.88. The van der Waals surface area contributed by atoms with Crippen molar-refractivity contribution in [2.75, 3.05) is 5.32 Å². The van der Waals surface area contributed by atoms with Crippen LogP contribution in [0.3, 0.4) is 0 Å². The third kappa shape index (κ3) is 2.56. The highest BCUT2D eigenvalue weighted by Crippen LogP contribution is 2.15. The van der Waals surface area contributed by atoms with Crippen molar-refractivity contribution < 1.29 is 0 Å². The molecule has 2 rings (SSSR count). The van der Waals surface area contributed by atoms with Crippen LogP contribution in [-0.4, -0.2) is 14.8 Å². The topological polar surface area (TPSA) is 42.7 Å². The molecule has 0 bridgehead atoms. The molecule has 78 valence electrons. The van der Waals surface area contributed by atoms with Gasteiger partial charge in [-0.05, 0) is 18.2 Å². The standard InChI is InChI=1S/C10H11BrN4/c1-15-10(13-7-14-15)6-12-9-4-2-3-8(11)5-9/h2-5,7,12H,6H2,1H3. The normalized spacial score (nSPS) is 10.3. The van der Waals surface area contributed by atoms with Crippen LogP contribution in [0.5, 0.6) is 0 Å². The number of nitrogens with zero attached hydrogens (tertiary/aromatic N) is 3. The van der Waals surface area contributed by atoms with E-state index in [4.69, 9.17) is 0 Å². The summed E-state index contributed by atoms with van der Waals surface area (Å²) in [5, 5.41) is 7.28. The largest absolute Gasteiger partial charge is 0.378 e. The van der Waals surface area contributed by atoms with Gasteiger partial charge in [-0.25, -0.2) is 4.98 Å². The molecule has 15 heavy (non-hydrogen) atoms. The number of benzene rings is 1. The van der Waals surface area contributed by atoms with E-state index in [2.05, 4.69) is 31.3 Å². The molecule has 1 N–H and O–H groups in total. The lowest BCUT2D eigenvalue weighted by Gasteiger charge is -2.05. The molecular formula is C10H11BrN4. The van der Waals surface area contributed by atoms with Crippen molar-refractivity contribution in [3.05, 3.63) is 40.9 Å². The van der Waals surface area contributed by atoms with Crippen LogP contribution in [0.15, 0.2) is 35.1 Å². The smallest absolute Gasteiger partial charge is 0.145 e. The Morgan fingerprint density at radius 1 is 1.47 bits per heavy atom. The maximum atomic E-state index is 4.13. The molecule has 0 aliphatic heterocycles. The first-order valence-electron chi connectivity index (χ1n) is 4.58. The zero-order chi connectivity index (χ0) is 10.7. The van der Waals surface area contributed by atoms with Crippen molar-refractivity contribution in [2.24, 2.45) is 7.05 Å². The first-order chi connectivity index (χ1) is 7.25. The minimum atomic E-state index is 0.674. The van der Waals surface area contributed by atoms with E-state index in [-0.39, 0.29) is 0 Å². The van der Waals surface area contributed by atoms with Crippen LogP contribution in [0, 0.1) is 0 Å². The van der Waals surface area contributed by atoms with Gasteiger partial charge in [-0.2, -0.15) is 5.10 Å². The molecule has 0 atom stereocenters. The maximum absolute atomic E-state index is 4.13. The van der Waals surface area contributed by atoms with Crippen molar-refractivity contribution in [3.63, 3.8) is 0 Å². The Balaban J connectivity index is 2.02. The summed E-state index contributed by atoms with van der Waals surface area (Å²) >= 11 is 3.42. The highest BCUT2D eigenvalue weighted by atomic mass is 79.9. The van der Waals surface area contributed by atoms with Crippen molar-refractivity contribution in [3.8, 4) is 0 Å². The van der Waals surface area contributed by atoms with E-state index < -0.39 is 0 Å². The van der Waals surface area contributed by atoms with Crippen molar-refractivity contribution in [1.82, 2.24) is 14.8 Å². The van der Waals surface area contributed by atoms with E-state index >= 15 is 0 Å². The highest BCUT2D eigenvalue weighted by Gasteiger charge is 1.99. The summed E-state index contributed by atoms with van der Waals surface area (Å²) in [6.07, 6.45) is 1.55. The number of aromatic nitrogens is 3. The molecule has 1 aromatic heterocycles. The minimum absolute atomic E-state index is 0.674. The summed E-state index contributed by atoms with van der Waals surface area (Å²) in [6.45, 7) is 0.674. The molecule has 0 radical (unpaired) electrons. The molecule has 0 saturated heterocycles. The SMILES string of the molecule is Cn1ncnc1CNc1cccc(Br)c1. The van der Waals surface area contributed by atoms with E-state index in [1.165, 1.54) is 0 Å². The maximum Gasteiger partial charge on any atom is 0.145 e. The second-order valence-electron chi connectivity index (χ2n) is 3.16. The number of rotatable bonds is 3.